The number of benzene rings is 2. The lowest BCUT2D eigenvalue weighted by molar-refractivity contribution is -0.152. The highest BCUT2D eigenvalue weighted by atomic mass is 16.5. The molecule has 0 atom stereocenters. The Morgan fingerprint density at radius 1 is 1.06 bits per heavy atom. The van der Waals surface area contributed by atoms with Crippen LogP contribution in [0, 0.1) is 6.92 Å². The van der Waals surface area contributed by atoms with Crippen molar-refractivity contribution >= 4 is 17.6 Å². The molecule has 0 spiro atoms. The van der Waals surface area contributed by atoms with Crippen LogP contribution in [-0.4, -0.2) is 48.1 Å². The Kier molecular flexibility index (Phi) is 10.7. The van der Waals surface area contributed by atoms with E-state index in [-0.39, 0.29) is 0 Å². The molecule has 3 N–H and O–H groups in total. The Bertz CT molecular complexity index is 964. The van der Waals surface area contributed by atoms with Crippen molar-refractivity contribution in [2.75, 3.05) is 19.8 Å². The summed E-state index contributed by atoms with van der Waals surface area (Å²) in [6.45, 7) is 8.86. The van der Waals surface area contributed by atoms with Crippen LogP contribution in [0.2, 0.25) is 0 Å². The zero-order valence-corrected chi connectivity index (χ0v) is 20.7. The van der Waals surface area contributed by atoms with E-state index in [4.69, 9.17) is 15.2 Å². The van der Waals surface area contributed by atoms with E-state index < -0.39 is 11.6 Å². The van der Waals surface area contributed by atoms with Gasteiger partial charge in [-0.3, -0.25) is 4.99 Å². The van der Waals surface area contributed by atoms with Gasteiger partial charge in [0.05, 0.1) is 13.2 Å². The first-order valence-corrected chi connectivity index (χ1v) is 11.7. The number of nitrogens with zero attached hydrogens (tertiary/aromatic N) is 2. The summed E-state index contributed by atoms with van der Waals surface area (Å²) in [7, 11) is 0. The number of aryl methyl sites for hydroxylation is 2. The van der Waals surface area contributed by atoms with E-state index in [0.717, 1.165) is 24.0 Å². The minimum Gasteiger partial charge on any atom is -0.478 e. The first kappa shape index (κ1) is 27.1. The molecule has 0 radical (unpaired) electrons. The lowest BCUT2D eigenvalue weighted by Gasteiger charge is -2.21. The van der Waals surface area contributed by atoms with Crippen molar-refractivity contribution in [2.45, 2.75) is 59.0 Å². The molecule has 34 heavy (non-hydrogen) atoms. The van der Waals surface area contributed by atoms with Crippen LogP contribution in [0.3, 0.4) is 0 Å². The number of ether oxygens (including phenoxy) is 2. The third-order valence-electron chi connectivity index (χ3n) is 5.20. The standard InChI is InChI=1S/C27H37N3O4/c1-5-33-18-17-29-25(19-22-11-9-20(2)10-12-22)30-24(28)8-6-7-21-13-15-23(16-14-21)34-27(3,4)26(31)32/h9-16H,5-8,17-19H2,1-4H3,(H,31,32)(H2,28,29,30). The number of carboxylic acid groups (broad SMARTS) is 1. The predicted octanol–water partition coefficient (Wildman–Crippen LogP) is 4.59. The Balaban J connectivity index is 1.93. The van der Waals surface area contributed by atoms with Crippen molar-refractivity contribution in [1.29, 1.82) is 0 Å². The molecule has 0 aromatic heterocycles. The quantitative estimate of drug-likeness (QED) is 0.254. The molecule has 0 amide bonds. The lowest BCUT2D eigenvalue weighted by atomic mass is 10.1. The smallest absolute Gasteiger partial charge is 0.347 e. The van der Waals surface area contributed by atoms with Crippen LogP contribution in [0.4, 0.5) is 0 Å². The summed E-state index contributed by atoms with van der Waals surface area (Å²) in [6.07, 6.45) is 2.95. The van der Waals surface area contributed by atoms with Crippen molar-refractivity contribution in [2.24, 2.45) is 15.7 Å². The molecule has 0 aliphatic carbocycles. The number of nitrogens with two attached hydrogens (primary N) is 1. The van der Waals surface area contributed by atoms with Gasteiger partial charge in [0, 0.05) is 19.4 Å². The zero-order chi connectivity index (χ0) is 25.0. The number of hydrogen-bond donors (Lipinski definition) is 2. The SMILES string of the molecule is CCOCCN=C(Cc1ccc(C)cc1)N=C(N)CCCc1ccc(OC(C)(C)C(=O)O)cc1. The molecule has 7 nitrogen and oxygen atoms in total. The average molecular weight is 468 g/mol. The summed E-state index contributed by atoms with van der Waals surface area (Å²) in [5.74, 6) is 0.796. The first-order chi connectivity index (χ1) is 16.2. The number of aliphatic imine (C=N–C) groups is 2. The fourth-order valence-corrected chi connectivity index (χ4v) is 3.16. The van der Waals surface area contributed by atoms with Gasteiger partial charge in [-0.15, -0.1) is 0 Å². The molecule has 0 saturated carbocycles. The second kappa shape index (κ2) is 13.5. The van der Waals surface area contributed by atoms with Crippen LogP contribution in [-0.2, 0) is 22.4 Å². The van der Waals surface area contributed by atoms with Gasteiger partial charge in [0.2, 0.25) is 0 Å². The largest absolute Gasteiger partial charge is 0.478 e. The van der Waals surface area contributed by atoms with E-state index in [9.17, 15) is 9.90 Å². The highest BCUT2D eigenvalue weighted by Gasteiger charge is 2.29. The second-order valence-electron chi connectivity index (χ2n) is 8.68. The maximum Gasteiger partial charge on any atom is 0.347 e. The highest BCUT2D eigenvalue weighted by Crippen LogP contribution is 2.20. The molecule has 2 aromatic carbocycles. The molecular formula is C27H37N3O4. The van der Waals surface area contributed by atoms with Crippen LogP contribution in [0.15, 0.2) is 58.5 Å². The molecule has 0 aliphatic rings. The van der Waals surface area contributed by atoms with E-state index in [1.165, 1.54) is 19.4 Å². The fourth-order valence-electron chi connectivity index (χ4n) is 3.16. The van der Waals surface area contributed by atoms with Crippen molar-refractivity contribution in [3.8, 4) is 5.75 Å². The van der Waals surface area contributed by atoms with Gasteiger partial charge in [-0.05, 0) is 63.8 Å². The minimum absolute atomic E-state index is 0.529. The Morgan fingerprint density at radius 3 is 2.32 bits per heavy atom. The average Bonchev–Trinajstić information content (AvgIpc) is 2.79. The zero-order valence-electron chi connectivity index (χ0n) is 20.7. The third kappa shape index (κ3) is 9.75. The summed E-state index contributed by atoms with van der Waals surface area (Å²) in [4.78, 5) is 20.4. The van der Waals surface area contributed by atoms with E-state index in [0.29, 0.717) is 50.0 Å². The monoisotopic (exact) mass is 467 g/mol. The summed E-state index contributed by atoms with van der Waals surface area (Å²) in [5, 5.41) is 9.19. The molecule has 0 heterocycles. The fraction of sp³-hybridized carbons (Fsp3) is 0.444. The second-order valence-corrected chi connectivity index (χ2v) is 8.68. The maximum atomic E-state index is 11.2. The highest BCUT2D eigenvalue weighted by molar-refractivity contribution is 5.97. The van der Waals surface area contributed by atoms with Crippen LogP contribution in [0.25, 0.3) is 0 Å². The molecule has 184 valence electrons. The lowest BCUT2D eigenvalue weighted by Crippen LogP contribution is -2.37. The van der Waals surface area contributed by atoms with Gasteiger partial charge < -0.3 is 20.3 Å². The van der Waals surface area contributed by atoms with Gasteiger partial charge in [0.15, 0.2) is 5.60 Å². The molecule has 0 bridgehead atoms. The number of amidine groups is 2. The summed E-state index contributed by atoms with van der Waals surface area (Å²) in [6, 6.07) is 15.8. The number of carboxylic acids is 1. The Hall–Kier alpha value is -3.19. The number of hydrogen-bond acceptors (Lipinski definition) is 4. The van der Waals surface area contributed by atoms with Crippen molar-refractivity contribution in [3.63, 3.8) is 0 Å². The van der Waals surface area contributed by atoms with E-state index in [2.05, 4.69) is 41.2 Å². The van der Waals surface area contributed by atoms with Crippen LogP contribution < -0.4 is 10.5 Å². The maximum absolute atomic E-state index is 11.2. The predicted molar refractivity (Wildman–Crippen MR) is 137 cm³/mol. The van der Waals surface area contributed by atoms with Crippen LogP contribution in [0.5, 0.6) is 5.75 Å². The van der Waals surface area contributed by atoms with Gasteiger partial charge in [0.1, 0.15) is 17.4 Å². The molecule has 0 saturated heterocycles. The van der Waals surface area contributed by atoms with Gasteiger partial charge in [-0.25, -0.2) is 9.79 Å². The van der Waals surface area contributed by atoms with Gasteiger partial charge in [-0.2, -0.15) is 0 Å². The molecule has 7 heteroatoms. The minimum atomic E-state index is -1.27. The summed E-state index contributed by atoms with van der Waals surface area (Å²) < 4.78 is 10.9. The van der Waals surface area contributed by atoms with Crippen LogP contribution in [0.1, 0.15) is 50.3 Å². The summed E-state index contributed by atoms with van der Waals surface area (Å²) >= 11 is 0. The topological polar surface area (TPSA) is 107 Å². The molecule has 0 fully saturated rings. The molecule has 0 aliphatic heterocycles. The third-order valence-corrected chi connectivity index (χ3v) is 5.20. The molecule has 2 rings (SSSR count). The molecule has 2 aromatic rings. The van der Waals surface area contributed by atoms with Crippen LogP contribution >= 0.6 is 0 Å². The van der Waals surface area contributed by atoms with Gasteiger partial charge in [-0.1, -0.05) is 42.0 Å². The number of aliphatic carboxylic acids is 1. The van der Waals surface area contributed by atoms with E-state index in [1.807, 2.05) is 19.1 Å². The first-order valence-electron chi connectivity index (χ1n) is 11.7. The Morgan fingerprint density at radius 2 is 1.71 bits per heavy atom. The normalized spacial score (nSPS) is 12.6. The Labute approximate surface area is 202 Å². The van der Waals surface area contributed by atoms with Crippen molar-refractivity contribution in [3.05, 3.63) is 65.2 Å². The number of rotatable bonds is 13. The van der Waals surface area contributed by atoms with Crippen molar-refractivity contribution in [1.82, 2.24) is 0 Å². The van der Waals surface area contributed by atoms with E-state index >= 15 is 0 Å². The molecular weight excluding hydrogens is 430 g/mol. The number of carbonyl (C=O) groups is 1. The van der Waals surface area contributed by atoms with E-state index in [1.54, 1.807) is 12.1 Å². The van der Waals surface area contributed by atoms with Crippen molar-refractivity contribution < 1.29 is 19.4 Å². The molecule has 0 unspecified atom stereocenters. The summed E-state index contributed by atoms with van der Waals surface area (Å²) in [5.41, 5.74) is 8.44. The van der Waals surface area contributed by atoms with Gasteiger partial charge >= 0.3 is 5.97 Å². The van der Waals surface area contributed by atoms with Gasteiger partial charge in [0.25, 0.3) is 0 Å².